The fraction of sp³-hybridized carbons (Fsp3) is 1.00. The van der Waals surface area contributed by atoms with Crippen LogP contribution in [0.15, 0.2) is 0 Å². The number of hydrogen-bond acceptors (Lipinski definition) is 1. The lowest BCUT2D eigenvalue weighted by atomic mass is 10.1. The van der Waals surface area contributed by atoms with Gasteiger partial charge in [-0.15, -0.1) is 11.6 Å². The van der Waals surface area contributed by atoms with Gasteiger partial charge in [0.05, 0.1) is 0 Å². The molecule has 54 valence electrons. The Kier molecular flexibility index (Phi) is 2.80. The second-order valence-electron chi connectivity index (χ2n) is 2.85. The largest absolute Gasteiger partial charge is 0.330 e. The van der Waals surface area contributed by atoms with Crippen molar-refractivity contribution < 1.29 is 0 Å². The van der Waals surface area contributed by atoms with Gasteiger partial charge in [0.1, 0.15) is 0 Å². The van der Waals surface area contributed by atoms with Crippen LogP contribution < -0.4 is 5.73 Å². The minimum atomic E-state index is 0.446. The maximum absolute atomic E-state index is 5.90. The van der Waals surface area contributed by atoms with Crippen LogP contribution in [0.3, 0.4) is 0 Å². The quantitative estimate of drug-likeness (QED) is 0.592. The zero-order valence-corrected chi connectivity index (χ0v) is 6.40. The smallest absolute Gasteiger partial charge is 0.0338 e. The Balaban J connectivity index is 2.14. The van der Waals surface area contributed by atoms with Crippen molar-refractivity contribution in [3.63, 3.8) is 0 Å². The molecule has 0 aliphatic heterocycles. The van der Waals surface area contributed by atoms with E-state index in [4.69, 9.17) is 17.3 Å². The maximum atomic E-state index is 5.90. The molecule has 2 heteroatoms. The molecule has 1 aliphatic rings. The summed E-state index contributed by atoms with van der Waals surface area (Å²) in [5.74, 6) is 0.831. The highest BCUT2D eigenvalue weighted by molar-refractivity contribution is 6.20. The molecular formula is C7H14ClN. The molecular weight excluding hydrogens is 134 g/mol. The van der Waals surface area contributed by atoms with E-state index in [-0.39, 0.29) is 0 Å². The summed E-state index contributed by atoms with van der Waals surface area (Å²) in [7, 11) is 0. The summed E-state index contributed by atoms with van der Waals surface area (Å²) in [4.78, 5) is 0. The highest BCUT2D eigenvalue weighted by Crippen LogP contribution is 2.30. The van der Waals surface area contributed by atoms with Gasteiger partial charge >= 0.3 is 0 Å². The summed E-state index contributed by atoms with van der Waals surface area (Å²) in [5, 5.41) is 0.446. The van der Waals surface area contributed by atoms with E-state index in [1.165, 1.54) is 25.7 Å². The molecule has 0 radical (unpaired) electrons. The van der Waals surface area contributed by atoms with Gasteiger partial charge in [0, 0.05) is 5.38 Å². The van der Waals surface area contributed by atoms with Gasteiger partial charge in [-0.25, -0.2) is 0 Å². The van der Waals surface area contributed by atoms with E-state index >= 15 is 0 Å². The number of hydrogen-bond donors (Lipinski definition) is 1. The van der Waals surface area contributed by atoms with Gasteiger partial charge in [-0.2, -0.15) is 0 Å². The van der Waals surface area contributed by atoms with Gasteiger partial charge < -0.3 is 5.73 Å². The predicted molar refractivity (Wildman–Crippen MR) is 40.7 cm³/mol. The Morgan fingerprint density at radius 3 is 2.67 bits per heavy atom. The molecule has 9 heavy (non-hydrogen) atoms. The van der Waals surface area contributed by atoms with Gasteiger partial charge in [-0.3, -0.25) is 0 Å². The van der Waals surface area contributed by atoms with Gasteiger partial charge in [0.2, 0.25) is 0 Å². The first kappa shape index (κ1) is 7.36. The highest BCUT2D eigenvalue weighted by atomic mass is 35.5. The van der Waals surface area contributed by atoms with Crippen LogP contribution in [-0.4, -0.2) is 11.9 Å². The SMILES string of the molecule is NCCC1CCC(Cl)C1. The third-order valence-corrected chi connectivity index (χ3v) is 2.45. The summed E-state index contributed by atoms with van der Waals surface area (Å²) >= 11 is 5.90. The summed E-state index contributed by atoms with van der Waals surface area (Å²) < 4.78 is 0. The van der Waals surface area contributed by atoms with Gasteiger partial charge in [-0.05, 0) is 38.1 Å². The minimum absolute atomic E-state index is 0.446. The lowest BCUT2D eigenvalue weighted by molar-refractivity contribution is 0.512. The van der Waals surface area contributed by atoms with Crippen LogP contribution in [-0.2, 0) is 0 Å². The molecule has 0 aromatic carbocycles. The van der Waals surface area contributed by atoms with Crippen molar-refractivity contribution in [1.82, 2.24) is 0 Å². The predicted octanol–water partition coefficient (Wildman–Crippen LogP) is 1.74. The van der Waals surface area contributed by atoms with E-state index in [0.717, 1.165) is 12.5 Å². The molecule has 0 bridgehead atoms. The van der Waals surface area contributed by atoms with E-state index in [1.807, 2.05) is 0 Å². The summed E-state index contributed by atoms with van der Waals surface area (Å²) in [6.07, 6.45) is 4.86. The van der Waals surface area contributed by atoms with Gasteiger partial charge in [0.25, 0.3) is 0 Å². The molecule has 1 nitrogen and oxygen atoms in total. The maximum Gasteiger partial charge on any atom is 0.0338 e. The molecule has 0 spiro atoms. The zero-order valence-electron chi connectivity index (χ0n) is 5.65. The van der Waals surface area contributed by atoms with Crippen LogP contribution >= 0.6 is 11.6 Å². The van der Waals surface area contributed by atoms with Crippen molar-refractivity contribution in [2.24, 2.45) is 11.7 Å². The Labute approximate surface area is 61.6 Å². The Morgan fingerprint density at radius 2 is 2.22 bits per heavy atom. The molecule has 1 fully saturated rings. The van der Waals surface area contributed by atoms with Crippen LogP contribution in [0.4, 0.5) is 0 Å². The fourth-order valence-electron chi connectivity index (χ4n) is 1.51. The van der Waals surface area contributed by atoms with Crippen LogP contribution in [0.2, 0.25) is 0 Å². The Bertz CT molecular complexity index is 83.0. The zero-order chi connectivity index (χ0) is 6.69. The average Bonchev–Trinajstić information content (AvgIpc) is 2.17. The van der Waals surface area contributed by atoms with Crippen molar-refractivity contribution in [3.05, 3.63) is 0 Å². The molecule has 0 amide bonds. The van der Waals surface area contributed by atoms with Crippen LogP contribution in [0.25, 0.3) is 0 Å². The molecule has 0 heterocycles. The third-order valence-electron chi connectivity index (χ3n) is 2.05. The van der Waals surface area contributed by atoms with Crippen LogP contribution in [0, 0.1) is 5.92 Å². The minimum Gasteiger partial charge on any atom is -0.330 e. The molecule has 0 aromatic rings. The van der Waals surface area contributed by atoms with E-state index in [0.29, 0.717) is 5.38 Å². The van der Waals surface area contributed by atoms with E-state index in [9.17, 15) is 0 Å². The molecule has 1 saturated carbocycles. The van der Waals surface area contributed by atoms with Crippen molar-refractivity contribution in [2.45, 2.75) is 31.1 Å². The van der Waals surface area contributed by atoms with Crippen molar-refractivity contribution in [3.8, 4) is 0 Å². The van der Waals surface area contributed by atoms with E-state index in [2.05, 4.69) is 0 Å². The second-order valence-corrected chi connectivity index (χ2v) is 3.47. The van der Waals surface area contributed by atoms with Crippen LogP contribution in [0.1, 0.15) is 25.7 Å². The third kappa shape index (κ3) is 2.15. The molecule has 2 unspecified atom stereocenters. The molecule has 1 aliphatic carbocycles. The highest BCUT2D eigenvalue weighted by Gasteiger charge is 2.21. The fourth-order valence-corrected chi connectivity index (χ4v) is 1.89. The van der Waals surface area contributed by atoms with Crippen molar-refractivity contribution in [1.29, 1.82) is 0 Å². The number of rotatable bonds is 2. The first-order valence-electron chi connectivity index (χ1n) is 3.67. The molecule has 2 atom stereocenters. The van der Waals surface area contributed by atoms with Crippen molar-refractivity contribution in [2.75, 3.05) is 6.54 Å². The second kappa shape index (κ2) is 3.43. The first-order chi connectivity index (χ1) is 4.33. The lowest BCUT2D eigenvalue weighted by Gasteiger charge is -2.04. The lowest BCUT2D eigenvalue weighted by Crippen LogP contribution is -2.05. The monoisotopic (exact) mass is 147 g/mol. The standard InChI is InChI=1S/C7H14ClN/c8-7-2-1-6(5-7)3-4-9/h6-7H,1-5,9H2. The molecule has 0 aromatic heterocycles. The van der Waals surface area contributed by atoms with Gasteiger partial charge in [0.15, 0.2) is 0 Å². The Hall–Kier alpha value is 0.250. The van der Waals surface area contributed by atoms with Gasteiger partial charge in [-0.1, -0.05) is 0 Å². The number of halogens is 1. The summed E-state index contributed by atoms with van der Waals surface area (Å²) in [6.45, 7) is 0.828. The van der Waals surface area contributed by atoms with E-state index < -0.39 is 0 Å². The van der Waals surface area contributed by atoms with E-state index in [1.54, 1.807) is 0 Å². The molecule has 2 N–H and O–H groups in total. The normalized spacial score (nSPS) is 35.3. The first-order valence-corrected chi connectivity index (χ1v) is 4.10. The number of nitrogens with two attached hydrogens (primary N) is 1. The number of alkyl halides is 1. The molecule has 1 rings (SSSR count). The average molecular weight is 148 g/mol. The summed E-state index contributed by atoms with van der Waals surface area (Å²) in [6, 6.07) is 0. The Morgan fingerprint density at radius 1 is 1.44 bits per heavy atom. The van der Waals surface area contributed by atoms with Crippen LogP contribution in [0.5, 0.6) is 0 Å². The summed E-state index contributed by atoms with van der Waals surface area (Å²) in [5.41, 5.74) is 5.41. The molecule has 0 saturated heterocycles. The van der Waals surface area contributed by atoms with Crippen molar-refractivity contribution >= 4 is 11.6 Å². The topological polar surface area (TPSA) is 26.0 Å².